The normalized spacial score (nSPS) is 10.6. The molecule has 3 N–H and O–H groups in total. The van der Waals surface area contributed by atoms with Crippen molar-refractivity contribution in [2.24, 2.45) is 0 Å². The van der Waals surface area contributed by atoms with E-state index < -0.39 is 0 Å². The number of hydrogen-bond donors (Lipinski definition) is 3. The molecule has 0 radical (unpaired) electrons. The molecule has 154 valence electrons. The minimum absolute atomic E-state index is 0.0472. The number of nitrogens with one attached hydrogen (secondary N) is 3. The van der Waals surface area contributed by atoms with Crippen molar-refractivity contribution in [3.05, 3.63) is 84.1 Å². The molecule has 0 aliphatic heterocycles. The Bertz CT molecular complexity index is 1270. The van der Waals surface area contributed by atoms with Gasteiger partial charge in [-0.05, 0) is 53.3 Å². The van der Waals surface area contributed by atoms with Gasteiger partial charge in [0, 0.05) is 43.1 Å². The van der Waals surface area contributed by atoms with Gasteiger partial charge in [0.1, 0.15) is 11.5 Å². The minimum atomic E-state index is -0.148. The summed E-state index contributed by atoms with van der Waals surface area (Å²) < 4.78 is 5.04. The third-order valence-corrected chi connectivity index (χ3v) is 4.78. The summed E-state index contributed by atoms with van der Waals surface area (Å²) in [6.45, 7) is 4.09. The molecule has 31 heavy (non-hydrogen) atoms. The van der Waals surface area contributed by atoms with Crippen molar-refractivity contribution in [2.45, 2.75) is 20.4 Å². The molecule has 4 aromatic rings. The Morgan fingerprint density at radius 2 is 1.71 bits per heavy atom. The fourth-order valence-corrected chi connectivity index (χ4v) is 3.26. The average Bonchev–Trinajstić information content (AvgIpc) is 2.77. The van der Waals surface area contributed by atoms with Crippen LogP contribution in [0.3, 0.4) is 0 Å². The first-order chi connectivity index (χ1) is 15.0. The Balaban J connectivity index is 1.50. The summed E-state index contributed by atoms with van der Waals surface area (Å²) in [6, 6.07) is 16.1. The zero-order valence-corrected chi connectivity index (χ0v) is 17.3. The van der Waals surface area contributed by atoms with E-state index in [1.54, 1.807) is 18.5 Å². The molecule has 1 aromatic carbocycles. The van der Waals surface area contributed by atoms with Crippen LogP contribution in [0.5, 0.6) is 0 Å². The average molecular weight is 410 g/mol. The maximum Gasteiger partial charge on any atom is 0.239 e. The molecule has 0 saturated carbocycles. The molecule has 0 atom stereocenters. The molecule has 0 unspecified atom stereocenters. The number of ether oxygens (including phenoxy) is 1. The van der Waals surface area contributed by atoms with Crippen molar-refractivity contribution in [3.63, 3.8) is 0 Å². The third-order valence-electron chi connectivity index (χ3n) is 4.78. The van der Waals surface area contributed by atoms with Crippen LogP contribution in [0.1, 0.15) is 23.9 Å². The maximum atomic E-state index is 7.91. The molecule has 7 nitrogen and oxygen atoms in total. The fraction of sp³-hybridized carbons (Fsp3) is 0.125. The lowest BCUT2D eigenvalue weighted by atomic mass is 10.0. The van der Waals surface area contributed by atoms with E-state index in [4.69, 9.17) is 15.6 Å². The fourth-order valence-electron chi connectivity index (χ4n) is 3.26. The lowest BCUT2D eigenvalue weighted by Crippen LogP contribution is -2.10. The van der Waals surface area contributed by atoms with Crippen LogP contribution in [-0.4, -0.2) is 26.7 Å². The van der Waals surface area contributed by atoms with Crippen molar-refractivity contribution in [1.29, 1.82) is 10.8 Å². The molecule has 0 amide bonds. The van der Waals surface area contributed by atoms with Gasteiger partial charge in [-0.1, -0.05) is 24.3 Å². The van der Waals surface area contributed by atoms with E-state index >= 15 is 0 Å². The summed E-state index contributed by atoms with van der Waals surface area (Å²) in [5.41, 5.74) is 4.81. The molecule has 4 rings (SSSR count). The van der Waals surface area contributed by atoms with Crippen molar-refractivity contribution in [2.75, 3.05) is 5.32 Å². The van der Waals surface area contributed by atoms with E-state index in [0.29, 0.717) is 12.2 Å². The molecule has 0 fully saturated rings. The van der Waals surface area contributed by atoms with Crippen LogP contribution in [0, 0.1) is 17.7 Å². The molecular weight excluding hydrogens is 388 g/mol. The Morgan fingerprint density at radius 3 is 2.45 bits per heavy atom. The summed E-state index contributed by atoms with van der Waals surface area (Å²) in [7, 11) is 0. The Morgan fingerprint density at radius 1 is 0.935 bits per heavy atom. The van der Waals surface area contributed by atoms with E-state index in [1.165, 1.54) is 6.92 Å². The standard InChI is InChI=1S/C24H22N6O/c1-15-11-19(7-9-27-15)18-5-3-17(4-6-18)13-30-24-21-14-29-22(23(26)31-16(2)25)12-20(21)8-10-28-24/h3-12,14,25-26H,13H2,1-2H3,(H,28,30). The lowest BCUT2D eigenvalue weighted by Gasteiger charge is -2.11. The van der Waals surface area contributed by atoms with Crippen molar-refractivity contribution < 1.29 is 4.74 Å². The van der Waals surface area contributed by atoms with Crippen LogP contribution in [0.15, 0.2) is 67.1 Å². The number of aromatic nitrogens is 3. The topological polar surface area (TPSA) is 108 Å². The van der Waals surface area contributed by atoms with E-state index in [9.17, 15) is 0 Å². The number of pyridine rings is 3. The number of rotatable bonds is 5. The second-order valence-corrected chi connectivity index (χ2v) is 7.17. The number of nitrogens with zero attached hydrogens (tertiary/aromatic N) is 3. The highest BCUT2D eigenvalue weighted by atomic mass is 16.5. The summed E-state index contributed by atoms with van der Waals surface area (Å²) in [5.74, 6) is 0.528. The summed E-state index contributed by atoms with van der Waals surface area (Å²) >= 11 is 0. The highest BCUT2D eigenvalue weighted by Gasteiger charge is 2.10. The van der Waals surface area contributed by atoms with Crippen LogP contribution in [-0.2, 0) is 11.3 Å². The van der Waals surface area contributed by atoms with Crippen molar-refractivity contribution in [1.82, 2.24) is 15.0 Å². The second kappa shape index (κ2) is 8.71. The van der Waals surface area contributed by atoms with Gasteiger partial charge in [-0.2, -0.15) is 0 Å². The quantitative estimate of drug-likeness (QED) is 0.319. The molecule has 3 heterocycles. The van der Waals surface area contributed by atoms with E-state index in [1.807, 2.05) is 25.3 Å². The Kier molecular flexibility index (Phi) is 5.66. The molecule has 7 heteroatoms. The van der Waals surface area contributed by atoms with Gasteiger partial charge in [-0.15, -0.1) is 0 Å². The molecule has 0 bridgehead atoms. The summed E-state index contributed by atoms with van der Waals surface area (Å²) in [6.07, 6.45) is 5.22. The minimum Gasteiger partial charge on any atom is -0.424 e. The smallest absolute Gasteiger partial charge is 0.239 e. The summed E-state index contributed by atoms with van der Waals surface area (Å²) in [4.78, 5) is 13.0. The summed E-state index contributed by atoms with van der Waals surface area (Å²) in [5, 5.41) is 20.4. The number of fused-ring (bicyclic) bond motifs is 1. The van der Waals surface area contributed by atoms with Crippen molar-refractivity contribution in [3.8, 4) is 11.1 Å². The highest BCUT2D eigenvalue weighted by molar-refractivity contribution is 6.01. The van der Waals surface area contributed by atoms with Crippen LogP contribution >= 0.6 is 0 Å². The number of benzene rings is 1. The molecule has 3 aromatic heterocycles. The van der Waals surface area contributed by atoms with Gasteiger partial charge in [0.05, 0.1) is 0 Å². The zero-order valence-electron chi connectivity index (χ0n) is 17.3. The van der Waals surface area contributed by atoms with Crippen LogP contribution in [0.4, 0.5) is 5.82 Å². The molecule has 0 aliphatic carbocycles. The molecule has 0 saturated heterocycles. The molecule has 0 spiro atoms. The maximum absolute atomic E-state index is 7.91. The van der Waals surface area contributed by atoms with Crippen LogP contribution in [0.2, 0.25) is 0 Å². The van der Waals surface area contributed by atoms with E-state index in [-0.39, 0.29) is 11.8 Å². The van der Waals surface area contributed by atoms with Crippen molar-refractivity contribution >= 4 is 28.4 Å². The van der Waals surface area contributed by atoms with Gasteiger partial charge in [0.2, 0.25) is 5.90 Å². The lowest BCUT2D eigenvalue weighted by molar-refractivity contribution is 0.530. The monoisotopic (exact) mass is 410 g/mol. The van der Waals surface area contributed by atoms with E-state index in [2.05, 4.69) is 50.6 Å². The zero-order chi connectivity index (χ0) is 21.8. The molecule has 0 aliphatic rings. The van der Waals surface area contributed by atoms with Gasteiger partial charge in [0.15, 0.2) is 5.90 Å². The van der Waals surface area contributed by atoms with E-state index in [0.717, 1.165) is 39.0 Å². The first-order valence-corrected chi connectivity index (χ1v) is 9.82. The predicted molar refractivity (Wildman–Crippen MR) is 123 cm³/mol. The highest BCUT2D eigenvalue weighted by Crippen LogP contribution is 2.23. The number of aryl methyl sites for hydroxylation is 1. The molecular formula is C24H22N6O. The van der Waals surface area contributed by atoms with Crippen LogP contribution in [0.25, 0.3) is 21.9 Å². The number of hydrogen-bond acceptors (Lipinski definition) is 7. The third kappa shape index (κ3) is 4.72. The van der Waals surface area contributed by atoms with Gasteiger partial charge >= 0.3 is 0 Å². The van der Waals surface area contributed by atoms with Crippen LogP contribution < -0.4 is 5.32 Å². The predicted octanol–water partition coefficient (Wildman–Crippen LogP) is 4.95. The largest absolute Gasteiger partial charge is 0.424 e. The van der Waals surface area contributed by atoms with Gasteiger partial charge < -0.3 is 10.1 Å². The van der Waals surface area contributed by atoms with Gasteiger partial charge in [-0.25, -0.2) is 4.98 Å². The Hall–Kier alpha value is -4.13. The second-order valence-electron chi connectivity index (χ2n) is 7.17. The Labute approximate surface area is 180 Å². The van der Waals surface area contributed by atoms with Gasteiger partial charge in [-0.3, -0.25) is 20.8 Å². The first-order valence-electron chi connectivity index (χ1n) is 9.82. The number of anilines is 1. The SMILES string of the molecule is CC(=N)OC(=N)c1cc2ccnc(NCc3ccc(-c4ccnc(C)c4)cc3)c2cn1. The first kappa shape index (κ1) is 20.2. The van der Waals surface area contributed by atoms with Gasteiger partial charge in [0.25, 0.3) is 0 Å².